The molecule has 1 fully saturated rings. The van der Waals surface area contributed by atoms with E-state index in [-0.39, 0.29) is 11.7 Å². The van der Waals surface area contributed by atoms with E-state index in [1.54, 1.807) is 12.1 Å². The van der Waals surface area contributed by atoms with Gasteiger partial charge in [0.2, 0.25) is 0 Å². The van der Waals surface area contributed by atoms with Gasteiger partial charge in [0.1, 0.15) is 9.84 Å². The molecule has 2 heterocycles. The van der Waals surface area contributed by atoms with E-state index >= 15 is 0 Å². The predicted octanol–water partition coefficient (Wildman–Crippen LogP) is 0.766. The lowest BCUT2D eigenvalue weighted by Gasteiger charge is -2.31. The van der Waals surface area contributed by atoms with E-state index in [1.165, 1.54) is 12.5 Å². The molecule has 0 unspecified atom stereocenters. The Hall–Kier alpha value is -1.34. The summed E-state index contributed by atoms with van der Waals surface area (Å²) >= 11 is 0. The van der Waals surface area contributed by atoms with Gasteiger partial charge in [0, 0.05) is 19.3 Å². The molecule has 0 aromatic carbocycles. The first-order valence-corrected chi connectivity index (χ1v) is 9.22. The van der Waals surface area contributed by atoms with E-state index in [9.17, 15) is 13.2 Å². The minimum atomic E-state index is -2.89. The Morgan fingerprint density at radius 3 is 2.71 bits per heavy atom. The van der Waals surface area contributed by atoms with Crippen molar-refractivity contribution in [3.05, 3.63) is 24.2 Å². The summed E-state index contributed by atoms with van der Waals surface area (Å²) in [5.41, 5.74) is 0. The first-order chi connectivity index (χ1) is 9.94. The molecule has 7 heteroatoms. The molecular weight excluding hydrogens is 292 g/mol. The molecule has 1 aromatic rings. The summed E-state index contributed by atoms with van der Waals surface area (Å²) in [5.74, 6) is 0.811. The van der Waals surface area contributed by atoms with E-state index in [0.717, 1.165) is 25.9 Å². The van der Waals surface area contributed by atoms with E-state index in [2.05, 4.69) is 10.2 Å². The van der Waals surface area contributed by atoms with Gasteiger partial charge in [0.05, 0.1) is 12.0 Å². The number of hydrogen-bond donors (Lipinski definition) is 1. The second kappa shape index (κ2) is 7.09. The number of amides is 1. The molecule has 1 aliphatic rings. The number of carbonyl (C=O) groups is 1. The van der Waals surface area contributed by atoms with Crippen molar-refractivity contribution >= 4 is 15.7 Å². The molecule has 6 nitrogen and oxygen atoms in total. The Balaban J connectivity index is 1.66. The predicted molar refractivity (Wildman–Crippen MR) is 79.9 cm³/mol. The highest BCUT2D eigenvalue weighted by atomic mass is 32.2. The number of piperidine rings is 1. The molecule has 0 aliphatic carbocycles. The molecule has 2 rings (SSSR count). The maximum atomic E-state index is 11.7. The van der Waals surface area contributed by atoms with E-state index in [0.29, 0.717) is 24.8 Å². The van der Waals surface area contributed by atoms with Gasteiger partial charge in [-0.15, -0.1) is 0 Å². The van der Waals surface area contributed by atoms with Gasteiger partial charge < -0.3 is 14.6 Å². The van der Waals surface area contributed by atoms with E-state index in [4.69, 9.17) is 4.42 Å². The zero-order valence-electron chi connectivity index (χ0n) is 12.2. The topological polar surface area (TPSA) is 79.6 Å². The highest BCUT2D eigenvalue weighted by Crippen LogP contribution is 2.16. The summed E-state index contributed by atoms with van der Waals surface area (Å²) in [6, 6.07) is 3.33. The van der Waals surface area contributed by atoms with Gasteiger partial charge in [0.15, 0.2) is 5.76 Å². The van der Waals surface area contributed by atoms with Crippen LogP contribution in [0.4, 0.5) is 0 Å². The summed E-state index contributed by atoms with van der Waals surface area (Å²) < 4.78 is 27.3. The maximum Gasteiger partial charge on any atom is 0.286 e. The lowest BCUT2D eigenvalue weighted by Crippen LogP contribution is -2.40. The number of nitrogens with one attached hydrogen (secondary N) is 1. The van der Waals surface area contributed by atoms with Gasteiger partial charge in [-0.3, -0.25) is 4.79 Å². The van der Waals surface area contributed by atoms with Crippen molar-refractivity contribution in [3.8, 4) is 0 Å². The fourth-order valence-corrected chi connectivity index (χ4v) is 3.03. The van der Waals surface area contributed by atoms with Crippen molar-refractivity contribution in [2.75, 3.05) is 38.2 Å². The van der Waals surface area contributed by atoms with Crippen LogP contribution in [0.1, 0.15) is 23.4 Å². The molecule has 0 atom stereocenters. The third-order valence-electron chi connectivity index (χ3n) is 3.78. The van der Waals surface area contributed by atoms with Gasteiger partial charge in [0.25, 0.3) is 5.91 Å². The van der Waals surface area contributed by atoms with E-state index < -0.39 is 9.84 Å². The summed E-state index contributed by atoms with van der Waals surface area (Å²) in [6.07, 6.45) is 4.70. The second-order valence-electron chi connectivity index (χ2n) is 5.60. The number of nitrogens with zero attached hydrogens (tertiary/aromatic N) is 1. The Morgan fingerprint density at radius 1 is 1.43 bits per heavy atom. The molecule has 21 heavy (non-hydrogen) atoms. The molecule has 1 aromatic heterocycles. The number of likely N-dealkylation sites (tertiary alicyclic amines) is 1. The van der Waals surface area contributed by atoms with E-state index in [1.807, 2.05) is 0 Å². The van der Waals surface area contributed by atoms with Crippen molar-refractivity contribution in [2.24, 2.45) is 5.92 Å². The van der Waals surface area contributed by atoms with Crippen LogP contribution in [0.5, 0.6) is 0 Å². The van der Waals surface area contributed by atoms with Crippen LogP contribution in [-0.2, 0) is 9.84 Å². The zero-order valence-corrected chi connectivity index (χ0v) is 13.1. The standard InChI is InChI=1S/C14H22N2O4S/c1-21(18,19)10-8-16-6-4-12(5-7-16)11-15-14(17)13-3-2-9-20-13/h2-3,9,12H,4-8,10-11H2,1H3,(H,15,17). The van der Waals surface area contributed by atoms with Gasteiger partial charge in [-0.2, -0.15) is 0 Å². The lowest BCUT2D eigenvalue weighted by atomic mass is 9.97. The average Bonchev–Trinajstić information content (AvgIpc) is 2.97. The van der Waals surface area contributed by atoms with Crippen molar-refractivity contribution in [1.82, 2.24) is 10.2 Å². The van der Waals surface area contributed by atoms with Crippen LogP contribution in [0.25, 0.3) is 0 Å². The van der Waals surface area contributed by atoms with Crippen LogP contribution in [-0.4, -0.2) is 57.4 Å². The minimum Gasteiger partial charge on any atom is -0.459 e. The van der Waals surface area contributed by atoms with Crippen LogP contribution in [0, 0.1) is 5.92 Å². The lowest BCUT2D eigenvalue weighted by molar-refractivity contribution is 0.0909. The zero-order chi connectivity index (χ0) is 15.3. The largest absolute Gasteiger partial charge is 0.459 e. The molecule has 0 spiro atoms. The fraction of sp³-hybridized carbons (Fsp3) is 0.643. The van der Waals surface area contributed by atoms with Gasteiger partial charge >= 0.3 is 0 Å². The Kier molecular flexibility index (Phi) is 5.41. The molecule has 0 radical (unpaired) electrons. The summed E-state index contributed by atoms with van der Waals surface area (Å²) in [7, 11) is -2.89. The second-order valence-corrected chi connectivity index (χ2v) is 7.86. The Bertz CT molecular complexity index is 546. The fourth-order valence-electron chi connectivity index (χ4n) is 2.44. The van der Waals surface area contributed by atoms with Crippen LogP contribution in [0.2, 0.25) is 0 Å². The minimum absolute atomic E-state index is 0.181. The highest BCUT2D eigenvalue weighted by molar-refractivity contribution is 7.90. The van der Waals surface area contributed by atoms with Gasteiger partial charge in [-0.05, 0) is 44.0 Å². The molecule has 0 bridgehead atoms. The van der Waals surface area contributed by atoms with Crippen molar-refractivity contribution < 1.29 is 17.6 Å². The number of hydrogen-bond acceptors (Lipinski definition) is 5. The average molecular weight is 314 g/mol. The van der Waals surface area contributed by atoms with Crippen LogP contribution < -0.4 is 5.32 Å². The quantitative estimate of drug-likeness (QED) is 0.839. The molecule has 1 N–H and O–H groups in total. The normalized spacial score (nSPS) is 17.8. The highest BCUT2D eigenvalue weighted by Gasteiger charge is 2.20. The summed E-state index contributed by atoms with van der Waals surface area (Å²) in [6.45, 7) is 3.01. The molecule has 118 valence electrons. The third-order valence-corrected chi connectivity index (χ3v) is 4.71. The Labute approximate surface area is 125 Å². The maximum absolute atomic E-state index is 11.7. The molecular formula is C14H22N2O4S. The van der Waals surface area contributed by atoms with Crippen LogP contribution >= 0.6 is 0 Å². The first kappa shape index (κ1) is 16.0. The smallest absolute Gasteiger partial charge is 0.286 e. The SMILES string of the molecule is CS(=O)(=O)CCN1CCC(CNC(=O)c2ccco2)CC1. The monoisotopic (exact) mass is 314 g/mol. The third kappa shape index (κ3) is 5.51. The Morgan fingerprint density at radius 2 is 2.14 bits per heavy atom. The van der Waals surface area contributed by atoms with Crippen LogP contribution in [0.3, 0.4) is 0 Å². The summed E-state index contributed by atoms with van der Waals surface area (Å²) in [5, 5.41) is 2.88. The number of rotatable bonds is 6. The van der Waals surface area contributed by atoms with Crippen molar-refractivity contribution in [1.29, 1.82) is 0 Å². The molecule has 1 aliphatic heterocycles. The summed E-state index contributed by atoms with van der Waals surface area (Å²) in [4.78, 5) is 13.9. The van der Waals surface area contributed by atoms with Crippen molar-refractivity contribution in [2.45, 2.75) is 12.8 Å². The number of sulfone groups is 1. The van der Waals surface area contributed by atoms with Gasteiger partial charge in [-0.25, -0.2) is 8.42 Å². The number of furan rings is 1. The molecule has 1 saturated heterocycles. The van der Waals surface area contributed by atoms with Gasteiger partial charge in [-0.1, -0.05) is 0 Å². The number of carbonyl (C=O) groups excluding carboxylic acids is 1. The molecule has 1 amide bonds. The van der Waals surface area contributed by atoms with Crippen LogP contribution in [0.15, 0.2) is 22.8 Å². The molecule has 0 saturated carbocycles. The van der Waals surface area contributed by atoms with Crippen molar-refractivity contribution in [3.63, 3.8) is 0 Å². The first-order valence-electron chi connectivity index (χ1n) is 7.16.